The van der Waals surface area contributed by atoms with Crippen molar-refractivity contribution in [1.82, 2.24) is 5.43 Å². The van der Waals surface area contributed by atoms with E-state index >= 15 is 0 Å². The molecule has 1 rings (SSSR count). The average Bonchev–Trinajstić information content (AvgIpc) is 2.40. The molecule has 0 aliphatic heterocycles. The normalized spacial score (nSPS) is 10.9. The summed E-state index contributed by atoms with van der Waals surface area (Å²) in [6.45, 7) is 2.17. The van der Waals surface area contributed by atoms with Crippen LogP contribution in [0.2, 0.25) is 10.0 Å². The lowest BCUT2D eigenvalue weighted by atomic mass is 10.2. The van der Waals surface area contributed by atoms with Gasteiger partial charge in [-0.15, -0.1) is 0 Å². The molecule has 0 bridgehead atoms. The molecule has 1 amide bonds. The van der Waals surface area contributed by atoms with Crippen LogP contribution in [0.25, 0.3) is 0 Å². The Morgan fingerprint density at radius 2 is 2.05 bits per heavy atom. The van der Waals surface area contributed by atoms with Crippen LogP contribution in [-0.2, 0) is 0 Å². The molecular weight excluding hydrogens is 283 g/mol. The Hall–Kier alpha value is -1.06. The average molecular weight is 301 g/mol. The van der Waals surface area contributed by atoms with Gasteiger partial charge < -0.3 is 0 Å². The van der Waals surface area contributed by atoms with Crippen molar-refractivity contribution >= 4 is 35.3 Å². The van der Waals surface area contributed by atoms with E-state index in [1.807, 2.05) is 0 Å². The van der Waals surface area contributed by atoms with E-state index in [2.05, 4.69) is 17.5 Å². The summed E-state index contributed by atoms with van der Waals surface area (Å²) in [4.78, 5) is 11.7. The first kappa shape index (κ1) is 16.0. The van der Waals surface area contributed by atoms with E-state index < -0.39 is 0 Å². The Balaban J connectivity index is 2.34. The molecule has 1 aromatic carbocycles. The Kier molecular flexibility index (Phi) is 7.53. The summed E-state index contributed by atoms with van der Waals surface area (Å²) in [5, 5.41) is 4.68. The van der Waals surface area contributed by atoms with Crippen molar-refractivity contribution in [3.8, 4) is 0 Å². The summed E-state index contributed by atoms with van der Waals surface area (Å²) < 4.78 is 0. The molecule has 0 atom stereocenters. The molecule has 0 saturated heterocycles. The van der Waals surface area contributed by atoms with Gasteiger partial charge in [0.25, 0.3) is 5.91 Å². The van der Waals surface area contributed by atoms with Crippen LogP contribution < -0.4 is 5.43 Å². The molecule has 104 valence electrons. The third kappa shape index (κ3) is 6.08. The highest BCUT2D eigenvalue weighted by Gasteiger charge is 2.06. The van der Waals surface area contributed by atoms with E-state index in [0.29, 0.717) is 15.6 Å². The number of hydrazone groups is 1. The minimum absolute atomic E-state index is 0.289. The maximum atomic E-state index is 11.7. The summed E-state index contributed by atoms with van der Waals surface area (Å²) in [6, 6.07) is 4.73. The minimum atomic E-state index is -0.289. The number of unbranched alkanes of at least 4 members (excludes halogenated alkanes) is 4. The van der Waals surface area contributed by atoms with Crippen LogP contribution in [0.3, 0.4) is 0 Å². The standard InChI is InChI=1S/C14H18Cl2N2O/c1-2-3-4-5-6-9-17-18-14(19)11-7-8-12(15)13(16)10-11/h7-10H,2-6H2,1H3,(H,18,19). The van der Waals surface area contributed by atoms with Crippen LogP contribution in [0.5, 0.6) is 0 Å². The first-order valence-electron chi connectivity index (χ1n) is 6.42. The smallest absolute Gasteiger partial charge is 0.267 e. The summed E-state index contributed by atoms with van der Waals surface area (Å²) in [5.41, 5.74) is 2.91. The zero-order valence-corrected chi connectivity index (χ0v) is 12.5. The van der Waals surface area contributed by atoms with Gasteiger partial charge in [0.05, 0.1) is 10.0 Å². The Bertz CT molecular complexity index is 447. The third-order valence-corrected chi connectivity index (χ3v) is 3.36. The number of halogens is 2. The Labute approximate surface area is 124 Å². The second-order valence-corrected chi connectivity index (χ2v) is 5.05. The number of nitrogens with one attached hydrogen (secondary N) is 1. The van der Waals surface area contributed by atoms with Crippen molar-refractivity contribution in [2.45, 2.75) is 39.0 Å². The topological polar surface area (TPSA) is 41.5 Å². The van der Waals surface area contributed by atoms with Crippen LogP contribution in [0.1, 0.15) is 49.4 Å². The van der Waals surface area contributed by atoms with Crippen molar-refractivity contribution in [3.05, 3.63) is 33.8 Å². The van der Waals surface area contributed by atoms with E-state index in [0.717, 1.165) is 12.8 Å². The first-order valence-corrected chi connectivity index (χ1v) is 7.17. The predicted octanol–water partition coefficient (Wildman–Crippen LogP) is 4.68. The molecule has 0 fully saturated rings. The molecule has 0 unspecified atom stereocenters. The number of rotatable bonds is 7. The Morgan fingerprint density at radius 3 is 2.74 bits per heavy atom. The molecule has 5 heteroatoms. The number of nitrogens with zero attached hydrogens (tertiary/aromatic N) is 1. The van der Waals surface area contributed by atoms with Gasteiger partial charge in [-0.05, 0) is 31.0 Å². The van der Waals surface area contributed by atoms with Crippen LogP contribution >= 0.6 is 23.2 Å². The number of hydrogen-bond donors (Lipinski definition) is 1. The fourth-order valence-corrected chi connectivity index (χ4v) is 1.83. The summed E-state index contributed by atoms with van der Waals surface area (Å²) in [7, 11) is 0. The molecule has 0 radical (unpaired) electrons. The van der Waals surface area contributed by atoms with Crippen LogP contribution in [-0.4, -0.2) is 12.1 Å². The molecule has 0 aliphatic carbocycles. The molecule has 19 heavy (non-hydrogen) atoms. The fourth-order valence-electron chi connectivity index (χ4n) is 1.53. The minimum Gasteiger partial charge on any atom is -0.267 e. The Morgan fingerprint density at radius 1 is 1.26 bits per heavy atom. The maximum Gasteiger partial charge on any atom is 0.271 e. The molecular formula is C14H18Cl2N2O. The summed E-state index contributed by atoms with van der Waals surface area (Å²) in [5.74, 6) is -0.289. The highest BCUT2D eigenvalue weighted by atomic mass is 35.5. The first-order chi connectivity index (χ1) is 9.15. The monoisotopic (exact) mass is 300 g/mol. The van der Waals surface area contributed by atoms with Crippen LogP contribution in [0.15, 0.2) is 23.3 Å². The zero-order valence-electron chi connectivity index (χ0n) is 11.0. The van der Waals surface area contributed by atoms with Gasteiger partial charge in [0.2, 0.25) is 0 Å². The van der Waals surface area contributed by atoms with Gasteiger partial charge in [-0.3, -0.25) is 4.79 Å². The predicted molar refractivity (Wildman–Crippen MR) is 81.2 cm³/mol. The zero-order chi connectivity index (χ0) is 14.1. The van der Waals surface area contributed by atoms with Crippen LogP contribution in [0, 0.1) is 0 Å². The van der Waals surface area contributed by atoms with Crippen molar-refractivity contribution in [2.75, 3.05) is 0 Å². The van der Waals surface area contributed by atoms with E-state index in [1.165, 1.54) is 25.3 Å². The molecule has 0 saturated carbocycles. The van der Waals surface area contributed by atoms with Gasteiger partial charge in [0.1, 0.15) is 0 Å². The summed E-state index contributed by atoms with van der Waals surface area (Å²) >= 11 is 11.6. The molecule has 0 heterocycles. The SMILES string of the molecule is CCCCCCC=NNC(=O)c1ccc(Cl)c(Cl)c1. The number of benzene rings is 1. The quantitative estimate of drug-likeness (QED) is 0.443. The van der Waals surface area contributed by atoms with E-state index in [9.17, 15) is 4.79 Å². The lowest BCUT2D eigenvalue weighted by Gasteiger charge is -2.01. The lowest BCUT2D eigenvalue weighted by Crippen LogP contribution is -2.17. The largest absolute Gasteiger partial charge is 0.271 e. The molecule has 0 aromatic heterocycles. The fraction of sp³-hybridized carbons (Fsp3) is 0.429. The van der Waals surface area contributed by atoms with E-state index in [1.54, 1.807) is 18.3 Å². The molecule has 1 N–H and O–H groups in total. The lowest BCUT2D eigenvalue weighted by molar-refractivity contribution is 0.0955. The molecule has 3 nitrogen and oxygen atoms in total. The third-order valence-electron chi connectivity index (χ3n) is 2.63. The number of amides is 1. The van der Waals surface area contributed by atoms with Crippen LogP contribution in [0.4, 0.5) is 0 Å². The number of hydrogen-bond acceptors (Lipinski definition) is 2. The number of carbonyl (C=O) groups is 1. The van der Waals surface area contributed by atoms with Gasteiger partial charge >= 0.3 is 0 Å². The molecule has 1 aromatic rings. The van der Waals surface area contributed by atoms with Crippen molar-refractivity contribution in [1.29, 1.82) is 0 Å². The van der Waals surface area contributed by atoms with Gasteiger partial charge in [-0.1, -0.05) is 49.4 Å². The second kappa shape index (κ2) is 8.94. The molecule has 0 aliphatic rings. The number of carbonyl (C=O) groups excluding carboxylic acids is 1. The highest BCUT2D eigenvalue weighted by Crippen LogP contribution is 2.22. The van der Waals surface area contributed by atoms with Gasteiger partial charge in [-0.25, -0.2) is 5.43 Å². The highest BCUT2D eigenvalue weighted by molar-refractivity contribution is 6.42. The second-order valence-electron chi connectivity index (χ2n) is 4.23. The van der Waals surface area contributed by atoms with Crippen molar-refractivity contribution in [2.24, 2.45) is 5.10 Å². The molecule has 0 spiro atoms. The van der Waals surface area contributed by atoms with Crippen molar-refractivity contribution in [3.63, 3.8) is 0 Å². The van der Waals surface area contributed by atoms with Gasteiger partial charge in [-0.2, -0.15) is 5.10 Å². The van der Waals surface area contributed by atoms with E-state index in [-0.39, 0.29) is 5.91 Å². The van der Waals surface area contributed by atoms with Gasteiger partial charge in [0, 0.05) is 11.8 Å². The maximum absolute atomic E-state index is 11.7. The van der Waals surface area contributed by atoms with Gasteiger partial charge in [0.15, 0.2) is 0 Å². The summed E-state index contributed by atoms with van der Waals surface area (Å²) in [6.07, 6.45) is 7.35. The van der Waals surface area contributed by atoms with Crippen molar-refractivity contribution < 1.29 is 4.79 Å². The van der Waals surface area contributed by atoms with E-state index in [4.69, 9.17) is 23.2 Å².